The van der Waals surface area contributed by atoms with Crippen LogP contribution < -0.4 is 5.56 Å². The number of esters is 1. The van der Waals surface area contributed by atoms with Gasteiger partial charge in [-0.25, -0.2) is 9.48 Å². The standard InChI is InChI=1S/C15H14N4O3/c1-2-22-15(21)11-7-13(20)18-14-12(11)8-17-19(14)9-10-3-5-16-6-4-10/h3-8H,2,9H2,1H3,(H,18,20). The van der Waals surface area contributed by atoms with Crippen molar-refractivity contribution in [1.29, 1.82) is 0 Å². The first-order valence-electron chi connectivity index (χ1n) is 6.84. The Bertz CT molecular complexity index is 867. The minimum atomic E-state index is -0.526. The van der Waals surface area contributed by atoms with Crippen molar-refractivity contribution in [3.8, 4) is 0 Å². The Kier molecular flexibility index (Phi) is 3.69. The molecular weight excluding hydrogens is 284 g/mol. The Labute approximate surface area is 125 Å². The van der Waals surface area contributed by atoms with E-state index in [9.17, 15) is 9.59 Å². The van der Waals surface area contributed by atoms with Gasteiger partial charge in [-0.1, -0.05) is 0 Å². The minimum absolute atomic E-state index is 0.224. The Morgan fingerprint density at radius 2 is 2.14 bits per heavy atom. The number of H-pyrrole nitrogens is 1. The first kappa shape index (κ1) is 14.0. The molecule has 0 unspecified atom stereocenters. The predicted molar refractivity (Wildman–Crippen MR) is 79.6 cm³/mol. The second-order valence-corrected chi connectivity index (χ2v) is 4.69. The maximum Gasteiger partial charge on any atom is 0.339 e. The summed E-state index contributed by atoms with van der Waals surface area (Å²) in [5.74, 6) is -0.526. The molecule has 22 heavy (non-hydrogen) atoms. The van der Waals surface area contributed by atoms with Crippen molar-refractivity contribution in [3.05, 3.63) is 58.3 Å². The largest absolute Gasteiger partial charge is 0.462 e. The SMILES string of the molecule is CCOC(=O)c1cc(=O)[nH]c2c1cnn2Cc1ccncc1. The third kappa shape index (κ3) is 2.60. The van der Waals surface area contributed by atoms with Crippen LogP contribution in [0, 0.1) is 0 Å². The molecule has 0 radical (unpaired) electrons. The number of aromatic amines is 1. The lowest BCUT2D eigenvalue weighted by Crippen LogP contribution is -2.14. The molecule has 3 heterocycles. The third-order valence-corrected chi connectivity index (χ3v) is 3.22. The van der Waals surface area contributed by atoms with Gasteiger partial charge in [-0.15, -0.1) is 0 Å². The minimum Gasteiger partial charge on any atom is -0.462 e. The number of aromatic nitrogens is 4. The number of carbonyl (C=O) groups excluding carboxylic acids is 1. The average molecular weight is 298 g/mol. The van der Waals surface area contributed by atoms with E-state index in [1.165, 1.54) is 6.07 Å². The topological polar surface area (TPSA) is 89.9 Å². The molecule has 0 saturated carbocycles. The summed E-state index contributed by atoms with van der Waals surface area (Å²) in [5, 5.41) is 4.82. The number of nitrogens with one attached hydrogen (secondary N) is 1. The van der Waals surface area contributed by atoms with Crippen LogP contribution in [0.1, 0.15) is 22.8 Å². The van der Waals surface area contributed by atoms with E-state index >= 15 is 0 Å². The van der Waals surface area contributed by atoms with Crippen LogP contribution in [0.4, 0.5) is 0 Å². The molecule has 0 aromatic carbocycles. The summed E-state index contributed by atoms with van der Waals surface area (Å²) in [5.41, 5.74) is 1.34. The molecule has 112 valence electrons. The summed E-state index contributed by atoms with van der Waals surface area (Å²) in [7, 11) is 0. The van der Waals surface area contributed by atoms with E-state index in [0.29, 0.717) is 17.6 Å². The van der Waals surface area contributed by atoms with Crippen LogP contribution in [-0.4, -0.2) is 32.3 Å². The number of carbonyl (C=O) groups is 1. The lowest BCUT2D eigenvalue weighted by molar-refractivity contribution is 0.0528. The van der Waals surface area contributed by atoms with E-state index in [0.717, 1.165) is 5.56 Å². The van der Waals surface area contributed by atoms with Crippen LogP contribution in [0.25, 0.3) is 11.0 Å². The fourth-order valence-electron chi connectivity index (χ4n) is 2.23. The van der Waals surface area contributed by atoms with Crippen molar-refractivity contribution in [2.45, 2.75) is 13.5 Å². The number of fused-ring (bicyclic) bond motifs is 1. The van der Waals surface area contributed by atoms with Gasteiger partial charge in [-0.2, -0.15) is 5.10 Å². The van der Waals surface area contributed by atoms with E-state index in [1.807, 2.05) is 12.1 Å². The lowest BCUT2D eigenvalue weighted by atomic mass is 10.2. The van der Waals surface area contributed by atoms with Gasteiger partial charge in [-0.05, 0) is 24.6 Å². The number of rotatable bonds is 4. The van der Waals surface area contributed by atoms with Crippen molar-refractivity contribution in [2.24, 2.45) is 0 Å². The molecule has 0 fully saturated rings. The van der Waals surface area contributed by atoms with Gasteiger partial charge in [0.2, 0.25) is 5.56 Å². The molecule has 0 aliphatic heterocycles. The number of hydrogen-bond donors (Lipinski definition) is 1. The van der Waals surface area contributed by atoms with E-state index in [1.54, 1.807) is 30.2 Å². The molecule has 3 aromatic rings. The van der Waals surface area contributed by atoms with E-state index in [4.69, 9.17) is 4.74 Å². The van der Waals surface area contributed by atoms with Crippen LogP contribution in [0.15, 0.2) is 41.6 Å². The highest BCUT2D eigenvalue weighted by atomic mass is 16.5. The molecule has 3 aromatic heterocycles. The predicted octanol–water partition coefficient (Wildman–Crippen LogP) is 1.34. The summed E-state index contributed by atoms with van der Waals surface area (Å²) in [6, 6.07) is 4.96. The average Bonchev–Trinajstić information content (AvgIpc) is 2.90. The molecular formula is C15H14N4O3. The van der Waals surface area contributed by atoms with Gasteiger partial charge in [0.05, 0.1) is 30.3 Å². The Morgan fingerprint density at radius 1 is 1.36 bits per heavy atom. The van der Waals surface area contributed by atoms with Crippen LogP contribution in [-0.2, 0) is 11.3 Å². The van der Waals surface area contributed by atoms with Crippen molar-refractivity contribution in [3.63, 3.8) is 0 Å². The Hall–Kier alpha value is -2.96. The molecule has 0 amide bonds. The normalized spacial score (nSPS) is 10.8. The zero-order chi connectivity index (χ0) is 15.5. The Morgan fingerprint density at radius 3 is 2.86 bits per heavy atom. The van der Waals surface area contributed by atoms with Gasteiger partial charge in [0, 0.05) is 18.5 Å². The molecule has 0 aliphatic rings. The molecule has 7 nitrogen and oxygen atoms in total. The molecule has 0 spiro atoms. The van der Waals surface area contributed by atoms with Crippen LogP contribution in [0.3, 0.4) is 0 Å². The van der Waals surface area contributed by atoms with E-state index in [2.05, 4.69) is 15.1 Å². The van der Waals surface area contributed by atoms with Crippen molar-refractivity contribution in [1.82, 2.24) is 19.7 Å². The quantitative estimate of drug-likeness (QED) is 0.734. The summed E-state index contributed by atoms with van der Waals surface area (Å²) < 4.78 is 6.62. The smallest absolute Gasteiger partial charge is 0.339 e. The van der Waals surface area contributed by atoms with E-state index < -0.39 is 5.97 Å². The fourth-order valence-corrected chi connectivity index (χ4v) is 2.23. The van der Waals surface area contributed by atoms with Crippen LogP contribution >= 0.6 is 0 Å². The highest BCUT2D eigenvalue weighted by Crippen LogP contribution is 2.16. The van der Waals surface area contributed by atoms with Gasteiger partial charge in [-0.3, -0.25) is 9.78 Å². The summed E-state index contributed by atoms with van der Waals surface area (Å²) in [4.78, 5) is 30.4. The molecule has 1 N–H and O–H groups in total. The molecule has 3 rings (SSSR count). The van der Waals surface area contributed by atoms with Gasteiger partial charge in [0.15, 0.2) is 0 Å². The molecule has 7 heteroatoms. The maximum absolute atomic E-state index is 12.0. The van der Waals surface area contributed by atoms with Crippen molar-refractivity contribution in [2.75, 3.05) is 6.61 Å². The molecule has 0 atom stereocenters. The third-order valence-electron chi connectivity index (χ3n) is 3.22. The fraction of sp³-hybridized carbons (Fsp3) is 0.200. The summed E-state index contributed by atoms with van der Waals surface area (Å²) in [6.07, 6.45) is 4.93. The van der Waals surface area contributed by atoms with Gasteiger partial charge >= 0.3 is 5.97 Å². The lowest BCUT2D eigenvalue weighted by Gasteiger charge is -2.05. The Balaban J connectivity index is 2.07. The first-order valence-corrected chi connectivity index (χ1v) is 6.84. The first-order chi connectivity index (χ1) is 10.7. The number of pyridine rings is 2. The van der Waals surface area contributed by atoms with Crippen molar-refractivity contribution < 1.29 is 9.53 Å². The van der Waals surface area contributed by atoms with E-state index in [-0.39, 0.29) is 17.7 Å². The van der Waals surface area contributed by atoms with Crippen LogP contribution in [0.2, 0.25) is 0 Å². The number of ether oxygens (including phenoxy) is 1. The second-order valence-electron chi connectivity index (χ2n) is 4.69. The summed E-state index contributed by atoms with van der Waals surface area (Å²) >= 11 is 0. The zero-order valence-electron chi connectivity index (χ0n) is 11.9. The molecule has 0 aliphatic carbocycles. The maximum atomic E-state index is 12.0. The number of hydrogen-bond acceptors (Lipinski definition) is 5. The van der Waals surface area contributed by atoms with Crippen LogP contribution in [0.5, 0.6) is 0 Å². The summed E-state index contributed by atoms with van der Waals surface area (Å²) in [6.45, 7) is 2.43. The number of nitrogens with zero attached hydrogens (tertiary/aromatic N) is 3. The zero-order valence-corrected chi connectivity index (χ0v) is 11.9. The molecule has 0 bridgehead atoms. The monoisotopic (exact) mass is 298 g/mol. The van der Waals surface area contributed by atoms with Gasteiger partial charge in [0.25, 0.3) is 0 Å². The highest BCUT2D eigenvalue weighted by Gasteiger charge is 2.16. The molecule has 0 saturated heterocycles. The van der Waals surface area contributed by atoms with Gasteiger partial charge < -0.3 is 9.72 Å². The highest BCUT2D eigenvalue weighted by molar-refractivity contribution is 6.02. The second kappa shape index (κ2) is 5.80. The van der Waals surface area contributed by atoms with Crippen molar-refractivity contribution >= 4 is 17.0 Å². The van der Waals surface area contributed by atoms with Gasteiger partial charge in [0.1, 0.15) is 5.65 Å².